The Labute approximate surface area is 162 Å². The first-order chi connectivity index (χ1) is 11.9. The van der Waals surface area contributed by atoms with Crippen molar-refractivity contribution >= 4 is 10.9 Å². The summed E-state index contributed by atoms with van der Waals surface area (Å²) >= 11 is 0. The highest BCUT2D eigenvalue weighted by molar-refractivity contribution is 5.83. The molecule has 0 saturated carbocycles. The maximum atomic E-state index is 2.30. The van der Waals surface area contributed by atoms with Crippen molar-refractivity contribution < 1.29 is 20.0 Å². The molecule has 0 radical (unpaired) electrons. The fraction of sp³-hybridized carbons (Fsp3) is 0.409. The Morgan fingerprint density at radius 3 is 2.26 bits per heavy atom. The lowest BCUT2D eigenvalue weighted by Crippen LogP contribution is -2.39. The zero-order valence-corrected chi connectivity index (χ0v) is 17.0. The van der Waals surface area contributed by atoms with Crippen LogP contribution >= 0.6 is 0 Å². The molecule has 0 aliphatic rings. The Kier molecular flexibility index (Phi) is 8.16. The van der Waals surface area contributed by atoms with Crippen LogP contribution in [0.4, 0.5) is 0 Å². The Morgan fingerprint density at radius 1 is 0.926 bits per heavy atom. The standard InChI is InChI=1S/C22H31N3.2H2O/c1-23-18-20(21-8-5-6-9-22(21)23)11-10-19-12-15-24(16-13-19)14-7-17-25(2,3)4;;/h5-6,8-9,12-13,15-16,18H,7,10-11,14,17H2,1-4H3;2*1H2/q+2;;/p-2. The van der Waals surface area contributed by atoms with Gasteiger partial charge in [0.05, 0.1) is 34.1 Å². The Morgan fingerprint density at radius 2 is 1.59 bits per heavy atom. The van der Waals surface area contributed by atoms with Gasteiger partial charge in [0.15, 0.2) is 18.9 Å². The Hall–Kier alpha value is -2.21. The molecule has 2 N–H and O–H groups in total. The number of aromatic nitrogens is 2. The van der Waals surface area contributed by atoms with Crippen LogP contribution in [0.5, 0.6) is 0 Å². The van der Waals surface area contributed by atoms with Crippen molar-refractivity contribution in [1.29, 1.82) is 0 Å². The SMILES string of the molecule is Cn1cc(CCc2cc[n+](CCC[N+](C)(C)C)cc2)c2ccccc21.[OH-].[OH-]. The minimum Gasteiger partial charge on any atom is -0.870 e. The number of pyridine rings is 1. The molecular weight excluding hydrogens is 338 g/mol. The second-order valence-corrected chi connectivity index (χ2v) is 8.09. The molecular formula is C22H33N3O2. The summed E-state index contributed by atoms with van der Waals surface area (Å²) in [6.45, 7) is 2.30. The van der Waals surface area contributed by atoms with Gasteiger partial charge in [-0.25, -0.2) is 4.57 Å². The predicted octanol–water partition coefficient (Wildman–Crippen LogP) is 2.99. The van der Waals surface area contributed by atoms with Crippen molar-refractivity contribution in [1.82, 2.24) is 4.57 Å². The monoisotopic (exact) mass is 371 g/mol. The molecule has 5 nitrogen and oxygen atoms in total. The summed E-state index contributed by atoms with van der Waals surface area (Å²) in [5.41, 5.74) is 4.18. The van der Waals surface area contributed by atoms with E-state index in [1.807, 2.05) is 0 Å². The van der Waals surface area contributed by atoms with E-state index in [0.717, 1.165) is 23.9 Å². The molecule has 148 valence electrons. The zero-order chi connectivity index (χ0) is 17.9. The molecule has 5 heteroatoms. The number of nitrogens with zero attached hydrogens (tertiary/aromatic N) is 3. The largest absolute Gasteiger partial charge is 0.870 e. The van der Waals surface area contributed by atoms with E-state index in [-0.39, 0.29) is 11.0 Å². The summed E-state index contributed by atoms with van der Waals surface area (Å²) in [5, 5.41) is 1.39. The molecule has 2 aromatic heterocycles. The van der Waals surface area contributed by atoms with Crippen LogP contribution in [0.3, 0.4) is 0 Å². The van der Waals surface area contributed by atoms with E-state index in [1.165, 1.54) is 35.0 Å². The molecule has 3 aromatic rings. The lowest BCUT2D eigenvalue weighted by Gasteiger charge is -2.22. The van der Waals surface area contributed by atoms with Crippen LogP contribution in [-0.4, -0.2) is 47.7 Å². The first-order valence-electron chi connectivity index (χ1n) is 9.24. The van der Waals surface area contributed by atoms with Gasteiger partial charge in [0.1, 0.15) is 0 Å². The van der Waals surface area contributed by atoms with E-state index >= 15 is 0 Å². The summed E-state index contributed by atoms with van der Waals surface area (Å²) in [7, 11) is 8.89. The van der Waals surface area contributed by atoms with Crippen molar-refractivity contribution in [2.45, 2.75) is 25.8 Å². The number of benzene rings is 1. The molecule has 27 heavy (non-hydrogen) atoms. The van der Waals surface area contributed by atoms with E-state index in [9.17, 15) is 0 Å². The van der Waals surface area contributed by atoms with Crippen LogP contribution in [0.2, 0.25) is 0 Å². The number of hydrogen-bond donors (Lipinski definition) is 0. The van der Waals surface area contributed by atoms with Crippen LogP contribution in [0.15, 0.2) is 55.0 Å². The zero-order valence-electron chi connectivity index (χ0n) is 17.0. The quantitative estimate of drug-likeness (QED) is 0.473. The van der Waals surface area contributed by atoms with E-state index in [4.69, 9.17) is 0 Å². The van der Waals surface area contributed by atoms with Gasteiger partial charge in [-0.05, 0) is 30.0 Å². The van der Waals surface area contributed by atoms with Crippen molar-refractivity contribution in [3.05, 3.63) is 66.1 Å². The molecule has 1 aromatic carbocycles. The van der Waals surface area contributed by atoms with E-state index in [0.29, 0.717) is 0 Å². The van der Waals surface area contributed by atoms with E-state index in [2.05, 4.69) is 92.3 Å². The molecule has 0 amide bonds. The highest BCUT2D eigenvalue weighted by atomic mass is 16.0. The van der Waals surface area contributed by atoms with Gasteiger partial charge in [0.2, 0.25) is 0 Å². The van der Waals surface area contributed by atoms with Crippen molar-refractivity contribution in [3.8, 4) is 0 Å². The molecule has 0 spiro atoms. The third-order valence-corrected chi connectivity index (χ3v) is 4.87. The number of rotatable bonds is 7. The van der Waals surface area contributed by atoms with Crippen molar-refractivity contribution in [2.75, 3.05) is 27.7 Å². The minimum atomic E-state index is 0. The number of hydrogen-bond acceptors (Lipinski definition) is 2. The van der Waals surface area contributed by atoms with Gasteiger partial charge in [0, 0.05) is 36.3 Å². The molecule has 2 heterocycles. The van der Waals surface area contributed by atoms with Gasteiger partial charge < -0.3 is 20.0 Å². The summed E-state index contributed by atoms with van der Waals surface area (Å²) < 4.78 is 5.57. The fourth-order valence-electron chi connectivity index (χ4n) is 3.44. The predicted molar refractivity (Wildman–Crippen MR) is 108 cm³/mol. The maximum Gasteiger partial charge on any atom is 0.169 e. The van der Waals surface area contributed by atoms with Gasteiger partial charge in [-0.3, -0.25) is 0 Å². The maximum absolute atomic E-state index is 2.30. The number of para-hydroxylation sites is 1. The van der Waals surface area contributed by atoms with Crippen LogP contribution in [-0.2, 0) is 26.4 Å². The summed E-state index contributed by atoms with van der Waals surface area (Å²) in [6.07, 6.45) is 10.1. The molecule has 0 atom stereocenters. The normalized spacial score (nSPS) is 11.1. The van der Waals surface area contributed by atoms with Gasteiger partial charge in [-0.15, -0.1) is 0 Å². The summed E-state index contributed by atoms with van der Waals surface area (Å²) in [6, 6.07) is 13.2. The molecule has 0 bridgehead atoms. The Bertz CT molecular complexity index is 833. The Balaban J connectivity index is 0.00000182. The van der Waals surface area contributed by atoms with Crippen molar-refractivity contribution in [2.24, 2.45) is 7.05 Å². The second kappa shape index (κ2) is 9.65. The number of quaternary nitrogens is 1. The highest BCUT2D eigenvalue weighted by Crippen LogP contribution is 2.21. The van der Waals surface area contributed by atoms with E-state index < -0.39 is 0 Å². The first-order valence-corrected chi connectivity index (χ1v) is 9.24. The minimum absolute atomic E-state index is 0. The van der Waals surface area contributed by atoms with Crippen LogP contribution in [0.25, 0.3) is 10.9 Å². The van der Waals surface area contributed by atoms with Crippen molar-refractivity contribution in [3.63, 3.8) is 0 Å². The number of fused-ring (bicyclic) bond motifs is 1. The molecule has 0 aliphatic heterocycles. The summed E-state index contributed by atoms with van der Waals surface area (Å²) in [5.74, 6) is 0. The van der Waals surface area contributed by atoms with E-state index in [1.54, 1.807) is 0 Å². The molecule has 0 saturated heterocycles. The average Bonchev–Trinajstić information content (AvgIpc) is 2.90. The lowest BCUT2D eigenvalue weighted by atomic mass is 10.0. The van der Waals surface area contributed by atoms with Gasteiger partial charge in [-0.2, -0.15) is 0 Å². The highest BCUT2D eigenvalue weighted by Gasteiger charge is 2.10. The average molecular weight is 372 g/mol. The molecule has 0 fully saturated rings. The van der Waals surface area contributed by atoms with Gasteiger partial charge in [0.25, 0.3) is 0 Å². The van der Waals surface area contributed by atoms with Gasteiger partial charge >= 0.3 is 0 Å². The van der Waals surface area contributed by atoms with Crippen LogP contribution in [0, 0.1) is 0 Å². The topological polar surface area (TPSA) is 68.8 Å². The third kappa shape index (κ3) is 6.17. The van der Waals surface area contributed by atoms with Crippen LogP contribution < -0.4 is 4.57 Å². The van der Waals surface area contributed by atoms with Crippen LogP contribution in [0.1, 0.15) is 17.5 Å². The fourth-order valence-corrected chi connectivity index (χ4v) is 3.44. The second-order valence-electron chi connectivity index (χ2n) is 8.09. The molecule has 0 aliphatic carbocycles. The summed E-state index contributed by atoms with van der Waals surface area (Å²) in [4.78, 5) is 0. The smallest absolute Gasteiger partial charge is 0.169 e. The lowest BCUT2D eigenvalue weighted by molar-refractivity contribution is -0.873. The van der Waals surface area contributed by atoms with Gasteiger partial charge in [-0.1, -0.05) is 18.2 Å². The number of aryl methyl sites for hydroxylation is 4. The third-order valence-electron chi connectivity index (χ3n) is 4.87. The molecule has 0 unspecified atom stereocenters. The molecule has 3 rings (SSSR count). The first kappa shape index (κ1) is 22.8.